The molecule has 1 rings (SSSR count). The zero-order valence-electron chi connectivity index (χ0n) is 12.5. The molecule has 1 aromatic rings. The fourth-order valence-electron chi connectivity index (χ4n) is 1.54. The number of benzene rings is 1. The van der Waals surface area contributed by atoms with Gasteiger partial charge in [0.15, 0.2) is 0 Å². The van der Waals surface area contributed by atoms with Crippen molar-refractivity contribution in [2.24, 2.45) is 11.7 Å². The Morgan fingerprint density at radius 3 is 2.33 bits per heavy atom. The number of nitrogens with one attached hydrogen (secondary N) is 1. The molecule has 0 radical (unpaired) electrons. The molecule has 21 heavy (non-hydrogen) atoms. The fourth-order valence-corrected chi connectivity index (χ4v) is 1.73. The number of nitrogens with two attached hydrogens (primary N) is 1. The first-order valence-corrected chi connectivity index (χ1v) is 6.69. The van der Waals surface area contributed by atoms with E-state index in [4.69, 9.17) is 17.3 Å². The summed E-state index contributed by atoms with van der Waals surface area (Å²) in [6.45, 7) is 3.74. The van der Waals surface area contributed by atoms with Crippen molar-refractivity contribution in [1.29, 1.82) is 0 Å². The monoisotopic (exact) mass is 333 g/mol. The summed E-state index contributed by atoms with van der Waals surface area (Å²) in [5, 5.41) is 3.03. The molecule has 1 aromatic carbocycles. The third-order valence-corrected chi connectivity index (χ3v) is 3.22. The summed E-state index contributed by atoms with van der Waals surface area (Å²) in [7, 11) is 3.27. The van der Waals surface area contributed by atoms with Crippen LogP contribution in [0.5, 0.6) is 0 Å². The van der Waals surface area contributed by atoms with Crippen LogP contribution in [0.15, 0.2) is 18.2 Å². The Bertz CT molecular complexity index is 519. The first kappa shape index (κ1) is 19.7. The topological polar surface area (TPSA) is 75.4 Å². The molecule has 0 aliphatic carbocycles. The molecule has 3 N–H and O–H groups in total. The van der Waals surface area contributed by atoms with E-state index in [1.807, 2.05) is 13.8 Å². The molecule has 0 spiro atoms. The van der Waals surface area contributed by atoms with Crippen LogP contribution in [0.1, 0.15) is 24.2 Å². The van der Waals surface area contributed by atoms with Crippen molar-refractivity contribution < 1.29 is 9.59 Å². The number of anilines is 1. The van der Waals surface area contributed by atoms with Crippen molar-refractivity contribution in [2.45, 2.75) is 19.9 Å². The summed E-state index contributed by atoms with van der Waals surface area (Å²) >= 11 is 6.00. The summed E-state index contributed by atoms with van der Waals surface area (Å²) in [6.07, 6.45) is 0. The lowest BCUT2D eigenvalue weighted by Gasteiger charge is -2.17. The summed E-state index contributed by atoms with van der Waals surface area (Å²) in [4.78, 5) is 25.3. The van der Waals surface area contributed by atoms with Crippen LogP contribution in [0.2, 0.25) is 5.02 Å². The summed E-state index contributed by atoms with van der Waals surface area (Å²) in [6, 6.07) is 4.17. The zero-order valence-corrected chi connectivity index (χ0v) is 14.1. The molecule has 0 aliphatic rings. The number of carbonyl (C=O) groups excluding carboxylic acids is 2. The molecule has 118 valence electrons. The van der Waals surface area contributed by atoms with Gasteiger partial charge in [-0.05, 0) is 24.1 Å². The van der Waals surface area contributed by atoms with Gasteiger partial charge in [0, 0.05) is 19.8 Å². The molecular weight excluding hydrogens is 313 g/mol. The molecule has 0 saturated heterocycles. The van der Waals surface area contributed by atoms with Crippen LogP contribution in [0.25, 0.3) is 0 Å². The maximum atomic E-state index is 11.9. The van der Waals surface area contributed by atoms with E-state index < -0.39 is 6.04 Å². The first-order valence-electron chi connectivity index (χ1n) is 6.31. The largest absolute Gasteiger partial charge is 0.345 e. The molecule has 0 saturated carbocycles. The standard InChI is InChI=1S/C14H20ClN3O2.ClH/c1-8(2)12(16)13(19)17-9-5-6-11(15)10(7-9)14(20)18(3)4;/h5-8,12H,16H2,1-4H3,(H,17,19);1H/t12-;/m1./s1. The van der Waals surface area contributed by atoms with Crippen molar-refractivity contribution in [3.8, 4) is 0 Å². The molecule has 0 heterocycles. The fraction of sp³-hybridized carbons (Fsp3) is 0.429. The van der Waals surface area contributed by atoms with Gasteiger partial charge in [-0.15, -0.1) is 12.4 Å². The number of carbonyl (C=O) groups is 2. The van der Waals surface area contributed by atoms with Gasteiger partial charge in [-0.25, -0.2) is 0 Å². The van der Waals surface area contributed by atoms with Crippen LogP contribution in [-0.4, -0.2) is 36.9 Å². The van der Waals surface area contributed by atoms with Crippen LogP contribution in [0, 0.1) is 5.92 Å². The van der Waals surface area contributed by atoms with E-state index in [9.17, 15) is 9.59 Å². The van der Waals surface area contributed by atoms with Gasteiger partial charge in [0.05, 0.1) is 16.6 Å². The smallest absolute Gasteiger partial charge is 0.254 e. The molecule has 7 heteroatoms. The highest BCUT2D eigenvalue weighted by atomic mass is 35.5. The van der Waals surface area contributed by atoms with E-state index in [0.29, 0.717) is 16.3 Å². The minimum absolute atomic E-state index is 0. The van der Waals surface area contributed by atoms with Gasteiger partial charge in [0.2, 0.25) is 5.91 Å². The molecule has 0 unspecified atom stereocenters. The highest BCUT2D eigenvalue weighted by molar-refractivity contribution is 6.34. The van der Waals surface area contributed by atoms with E-state index in [0.717, 1.165) is 0 Å². The Labute approximate surface area is 136 Å². The second-order valence-electron chi connectivity index (χ2n) is 5.15. The van der Waals surface area contributed by atoms with E-state index in [-0.39, 0.29) is 30.1 Å². The Morgan fingerprint density at radius 1 is 1.29 bits per heavy atom. The van der Waals surface area contributed by atoms with Crippen molar-refractivity contribution in [3.63, 3.8) is 0 Å². The van der Waals surface area contributed by atoms with Crippen LogP contribution < -0.4 is 11.1 Å². The molecule has 0 aliphatic heterocycles. The van der Waals surface area contributed by atoms with Crippen LogP contribution in [-0.2, 0) is 4.79 Å². The van der Waals surface area contributed by atoms with Crippen molar-refractivity contribution in [3.05, 3.63) is 28.8 Å². The zero-order chi connectivity index (χ0) is 15.4. The first-order chi connectivity index (χ1) is 9.23. The molecule has 0 aromatic heterocycles. The van der Waals surface area contributed by atoms with Crippen molar-refractivity contribution >= 4 is 41.5 Å². The van der Waals surface area contributed by atoms with Gasteiger partial charge in [0.1, 0.15) is 0 Å². The highest BCUT2D eigenvalue weighted by Gasteiger charge is 2.18. The third-order valence-electron chi connectivity index (χ3n) is 2.89. The van der Waals surface area contributed by atoms with Gasteiger partial charge >= 0.3 is 0 Å². The minimum atomic E-state index is -0.598. The van der Waals surface area contributed by atoms with Crippen molar-refractivity contribution in [1.82, 2.24) is 4.90 Å². The van der Waals surface area contributed by atoms with E-state index in [1.165, 1.54) is 4.90 Å². The van der Waals surface area contributed by atoms with Gasteiger partial charge in [-0.1, -0.05) is 25.4 Å². The third kappa shape index (κ3) is 5.19. The summed E-state index contributed by atoms with van der Waals surface area (Å²) in [5.41, 5.74) is 6.61. The van der Waals surface area contributed by atoms with Crippen LogP contribution >= 0.6 is 24.0 Å². The lowest BCUT2D eigenvalue weighted by atomic mass is 10.0. The van der Waals surface area contributed by atoms with Gasteiger partial charge < -0.3 is 16.0 Å². The van der Waals surface area contributed by atoms with E-state index in [1.54, 1.807) is 32.3 Å². The maximum Gasteiger partial charge on any atom is 0.254 e. The number of hydrogen-bond donors (Lipinski definition) is 2. The predicted octanol–water partition coefficient (Wildman–Crippen LogP) is 2.39. The van der Waals surface area contributed by atoms with Crippen LogP contribution in [0.4, 0.5) is 5.69 Å². The normalized spacial score (nSPS) is 11.6. The van der Waals surface area contributed by atoms with E-state index >= 15 is 0 Å². The number of hydrogen-bond acceptors (Lipinski definition) is 3. The molecule has 0 bridgehead atoms. The van der Waals surface area contributed by atoms with Gasteiger partial charge in [0.25, 0.3) is 5.91 Å². The predicted molar refractivity (Wildman–Crippen MR) is 88.2 cm³/mol. The second-order valence-corrected chi connectivity index (χ2v) is 5.56. The SMILES string of the molecule is CC(C)[C@@H](N)C(=O)Nc1ccc(Cl)c(C(=O)N(C)C)c1.Cl. The molecule has 1 atom stereocenters. The van der Waals surface area contributed by atoms with Crippen molar-refractivity contribution in [2.75, 3.05) is 19.4 Å². The van der Waals surface area contributed by atoms with Crippen LogP contribution in [0.3, 0.4) is 0 Å². The Balaban J connectivity index is 0.00000400. The average molecular weight is 334 g/mol. The lowest BCUT2D eigenvalue weighted by molar-refractivity contribution is -0.118. The molecule has 2 amide bonds. The maximum absolute atomic E-state index is 11.9. The average Bonchev–Trinajstić information content (AvgIpc) is 2.38. The molecular formula is C14H21Cl2N3O2. The highest BCUT2D eigenvalue weighted by Crippen LogP contribution is 2.22. The lowest BCUT2D eigenvalue weighted by Crippen LogP contribution is -2.39. The van der Waals surface area contributed by atoms with E-state index in [2.05, 4.69) is 5.32 Å². The number of nitrogens with zero attached hydrogens (tertiary/aromatic N) is 1. The second kappa shape index (κ2) is 8.22. The summed E-state index contributed by atoms with van der Waals surface area (Å²) < 4.78 is 0. The number of halogens is 2. The Hall–Kier alpha value is -1.30. The van der Waals surface area contributed by atoms with Gasteiger partial charge in [-0.2, -0.15) is 0 Å². The Morgan fingerprint density at radius 2 is 1.86 bits per heavy atom. The number of amides is 2. The summed E-state index contributed by atoms with van der Waals surface area (Å²) in [5.74, 6) is -0.477. The molecule has 0 fully saturated rings. The van der Waals surface area contributed by atoms with Gasteiger partial charge in [-0.3, -0.25) is 9.59 Å². The minimum Gasteiger partial charge on any atom is -0.345 e. The molecule has 5 nitrogen and oxygen atoms in total. The quantitative estimate of drug-likeness (QED) is 0.888. The Kier molecular flexibility index (Phi) is 7.71. The number of rotatable bonds is 4.